The van der Waals surface area contributed by atoms with E-state index in [4.69, 9.17) is 11.2 Å². The van der Waals surface area contributed by atoms with E-state index in [2.05, 4.69) is 15.0 Å². The number of nitrogens with two attached hydrogens (primary N) is 1. The molecule has 3 N–H and O–H groups in total. The third kappa shape index (κ3) is 4.09. The van der Waals surface area contributed by atoms with Crippen LogP contribution in [0, 0.1) is 0 Å². The zero-order valence-corrected chi connectivity index (χ0v) is 18.1. The summed E-state index contributed by atoms with van der Waals surface area (Å²) in [5.74, 6) is -0.167. The van der Waals surface area contributed by atoms with Crippen LogP contribution in [-0.4, -0.2) is 38.8 Å². The lowest BCUT2D eigenvalue weighted by molar-refractivity contribution is 0.0995. The van der Waals surface area contributed by atoms with Crippen LogP contribution in [-0.2, 0) is 6.54 Å². The Hall–Kier alpha value is -3.32. The maximum atomic E-state index is 12.5. The Morgan fingerprint density at radius 2 is 2.03 bits per heavy atom. The Kier molecular flexibility index (Phi) is 3.92. The van der Waals surface area contributed by atoms with Gasteiger partial charge in [0.25, 0.3) is 11.5 Å². The van der Waals surface area contributed by atoms with Crippen LogP contribution in [0.25, 0.3) is 16.6 Å². The van der Waals surface area contributed by atoms with E-state index in [9.17, 15) is 9.59 Å². The van der Waals surface area contributed by atoms with Crippen LogP contribution >= 0.6 is 0 Å². The molecule has 1 aliphatic heterocycles. The number of primary amides is 1. The minimum absolute atomic E-state index is 0.0343. The highest BCUT2D eigenvalue weighted by molar-refractivity contribution is 5.91. The van der Waals surface area contributed by atoms with E-state index >= 15 is 0 Å². The van der Waals surface area contributed by atoms with Gasteiger partial charge in [0.05, 0.1) is 16.7 Å². The Morgan fingerprint density at radius 3 is 2.76 bits per heavy atom. The number of carbonyl (C=O) groups excluding carboxylic acids is 1. The van der Waals surface area contributed by atoms with E-state index in [1.165, 1.54) is 17.0 Å². The van der Waals surface area contributed by atoms with Crippen molar-refractivity contribution in [2.45, 2.75) is 50.5 Å². The van der Waals surface area contributed by atoms with Gasteiger partial charge in [-0.3, -0.25) is 19.5 Å². The first-order valence-electron chi connectivity index (χ1n) is 13.3. The van der Waals surface area contributed by atoms with Gasteiger partial charge in [-0.15, -0.1) is 0 Å². The molecule has 2 saturated carbocycles. The van der Waals surface area contributed by atoms with Crippen molar-refractivity contribution in [1.82, 2.24) is 19.9 Å². The van der Waals surface area contributed by atoms with Gasteiger partial charge in [0.15, 0.2) is 0 Å². The molecule has 0 aromatic carbocycles. The molecule has 33 heavy (non-hydrogen) atoms. The maximum absolute atomic E-state index is 12.5. The summed E-state index contributed by atoms with van der Waals surface area (Å²) in [6, 6.07) is 6.77. The number of hydrogen-bond acceptors (Lipinski definition) is 5. The molecule has 1 amide bonds. The van der Waals surface area contributed by atoms with Crippen LogP contribution in [0.4, 0.5) is 0 Å². The van der Waals surface area contributed by atoms with Crippen molar-refractivity contribution < 1.29 is 10.3 Å². The molecular weight excluding hydrogens is 414 g/mol. The van der Waals surface area contributed by atoms with Gasteiger partial charge in [0, 0.05) is 42.7 Å². The maximum Gasteiger partial charge on any atom is 0.267 e. The molecule has 2 aliphatic carbocycles. The largest absolute Gasteiger partial charge is 0.364 e. The molecule has 7 heteroatoms. The van der Waals surface area contributed by atoms with Crippen LogP contribution in [0.2, 0.25) is 0 Å². The average molecular weight is 446 g/mol. The number of aromatic amines is 1. The van der Waals surface area contributed by atoms with E-state index in [-0.39, 0.29) is 30.1 Å². The molecule has 4 heterocycles. The zero-order chi connectivity index (χ0) is 26.1. The second-order valence-corrected chi connectivity index (χ2v) is 9.09. The number of fused-ring (bicyclic) bond motifs is 1. The second kappa shape index (κ2) is 7.92. The van der Waals surface area contributed by atoms with Gasteiger partial charge in [-0.1, -0.05) is 12.1 Å². The number of nitrogens with one attached hydrogen (secondary N) is 1. The topological polar surface area (TPSA) is 105 Å². The molecule has 6 rings (SSSR count). The van der Waals surface area contributed by atoms with Gasteiger partial charge in [0.2, 0.25) is 0 Å². The van der Waals surface area contributed by atoms with Crippen molar-refractivity contribution in [3.63, 3.8) is 0 Å². The Balaban J connectivity index is 1.33. The summed E-state index contributed by atoms with van der Waals surface area (Å²) >= 11 is 0. The zero-order valence-electron chi connectivity index (χ0n) is 22.1. The number of H-pyrrole nitrogens is 1. The van der Waals surface area contributed by atoms with Crippen molar-refractivity contribution in [3.8, 4) is 0 Å². The monoisotopic (exact) mass is 445 g/mol. The van der Waals surface area contributed by atoms with Crippen molar-refractivity contribution in [3.05, 3.63) is 75.0 Å². The van der Waals surface area contributed by atoms with Crippen molar-refractivity contribution in [1.29, 1.82) is 0 Å². The number of carbonyl (C=O) groups is 1. The molecule has 3 aromatic heterocycles. The summed E-state index contributed by atoms with van der Waals surface area (Å²) in [5, 5.41) is 0. The van der Waals surface area contributed by atoms with Crippen molar-refractivity contribution in [2.24, 2.45) is 5.73 Å². The fourth-order valence-corrected chi connectivity index (χ4v) is 4.37. The number of amides is 1. The lowest BCUT2D eigenvalue weighted by Crippen LogP contribution is -2.28. The standard InChI is InChI=1S/C26H27N5O2/c27-25(32)21-6-5-19(24(29-21)18-3-4-18)17-7-9-31(10-8-17)14-15-11-23-22(28-13-15)12-20(16-1-2-16)26(33)30-23/h5-7,11-13,16,18H,1-4,8-10,14H2,(H2,27,32)(H,30,33)/i9D2,10D2. The van der Waals surface area contributed by atoms with Crippen molar-refractivity contribution in [2.75, 3.05) is 13.0 Å². The van der Waals surface area contributed by atoms with Gasteiger partial charge in [-0.25, -0.2) is 4.98 Å². The molecule has 3 aromatic rings. The summed E-state index contributed by atoms with van der Waals surface area (Å²) in [6.45, 7) is -4.17. The quantitative estimate of drug-likeness (QED) is 0.605. The van der Waals surface area contributed by atoms with Gasteiger partial charge >= 0.3 is 0 Å². The van der Waals surface area contributed by atoms with E-state index in [1.54, 1.807) is 18.3 Å². The van der Waals surface area contributed by atoms with Gasteiger partial charge in [0.1, 0.15) is 5.69 Å². The molecule has 0 bridgehead atoms. The molecule has 0 unspecified atom stereocenters. The number of nitrogens with zero attached hydrogens (tertiary/aromatic N) is 3. The number of pyridine rings is 3. The van der Waals surface area contributed by atoms with Gasteiger partial charge < -0.3 is 10.7 Å². The Bertz CT molecular complexity index is 1530. The molecule has 168 valence electrons. The van der Waals surface area contributed by atoms with Gasteiger partial charge in [-0.05, 0) is 72.9 Å². The summed E-state index contributed by atoms with van der Waals surface area (Å²) in [7, 11) is 0. The summed E-state index contributed by atoms with van der Waals surface area (Å²) in [5.41, 5.74) is 9.85. The summed E-state index contributed by atoms with van der Waals surface area (Å²) < 4.78 is 35.1. The van der Waals surface area contributed by atoms with E-state index < -0.39 is 18.9 Å². The number of rotatable bonds is 6. The minimum Gasteiger partial charge on any atom is -0.364 e. The van der Waals surface area contributed by atoms with Gasteiger partial charge in [-0.2, -0.15) is 0 Å². The van der Waals surface area contributed by atoms with E-state index in [0.29, 0.717) is 39.3 Å². The average Bonchev–Trinajstić information content (AvgIpc) is 3.73. The highest BCUT2D eigenvalue weighted by atomic mass is 16.1. The Labute approximate surface area is 197 Å². The second-order valence-electron chi connectivity index (χ2n) is 9.09. The first-order chi connectivity index (χ1) is 17.5. The molecule has 0 radical (unpaired) electrons. The summed E-state index contributed by atoms with van der Waals surface area (Å²) in [6.07, 6.45) is 6.86. The third-order valence-electron chi connectivity index (χ3n) is 6.48. The third-order valence-corrected chi connectivity index (χ3v) is 6.48. The fraction of sp³-hybridized carbons (Fsp3) is 0.385. The first kappa shape index (κ1) is 16.3. The van der Waals surface area contributed by atoms with E-state index in [0.717, 1.165) is 31.2 Å². The molecule has 0 saturated heterocycles. The first-order valence-corrected chi connectivity index (χ1v) is 11.3. The van der Waals surface area contributed by atoms with Crippen LogP contribution < -0.4 is 11.3 Å². The Morgan fingerprint density at radius 1 is 1.21 bits per heavy atom. The van der Waals surface area contributed by atoms with E-state index in [1.807, 2.05) is 6.07 Å². The summed E-state index contributed by atoms with van der Waals surface area (Å²) in [4.78, 5) is 37.1. The predicted octanol–water partition coefficient (Wildman–Crippen LogP) is 3.46. The fourth-order valence-electron chi connectivity index (χ4n) is 4.37. The van der Waals surface area contributed by atoms with Crippen LogP contribution in [0.1, 0.15) is 82.3 Å². The molecule has 7 nitrogen and oxygen atoms in total. The van der Waals surface area contributed by atoms with Crippen LogP contribution in [0.5, 0.6) is 0 Å². The molecular formula is C26H27N5O2. The lowest BCUT2D eigenvalue weighted by atomic mass is 9.95. The lowest BCUT2D eigenvalue weighted by Gasteiger charge is -2.27. The minimum atomic E-state index is -2.11. The molecule has 0 atom stereocenters. The normalized spacial score (nSPS) is 23.8. The number of aromatic nitrogens is 3. The molecule has 0 spiro atoms. The highest BCUT2D eigenvalue weighted by Gasteiger charge is 2.30. The molecule has 2 fully saturated rings. The van der Waals surface area contributed by atoms with Crippen LogP contribution in [0.3, 0.4) is 0 Å². The smallest absolute Gasteiger partial charge is 0.267 e. The van der Waals surface area contributed by atoms with Crippen LogP contribution in [0.15, 0.2) is 41.3 Å². The SMILES string of the molecule is [2H]C1([2H])C=C(c2ccc(C(N)=O)nc2C2CC2)CC([2H])([2H])N1Cc1cnc2cc(C3CC3)c(=O)[nH]c2c1. The number of hydrogen-bond donors (Lipinski definition) is 2. The molecule has 3 aliphatic rings. The van der Waals surface area contributed by atoms with Crippen molar-refractivity contribution >= 4 is 22.5 Å². The predicted molar refractivity (Wildman–Crippen MR) is 127 cm³/mol. The highest BCUT2D eigenvalue weighted by Crippen LogP contribution is 2.43.